The lowest BCUT2D eigenvalue weighted by Gasteiger charge is -2.14. The van der Waals surface area contributed by atoms with E-state index in [2.05, 4.69) is 5.32 Å². The number of hydrogen-bond acceptors (Lipinski definition) is 3. The highest BCUT2D eigenvalue weighted by Gasteiger charge is 2.16. The Kier molecular flexibility index (Phi) is 3.49. The topological polar surface area (TPSA) is 74.2 Å². The summed E-state index contributed by atoms with van der Waals surface area (Å²) in [5.74, 6) is -0.398. The summed E-state index contributed by atoms with van der Waals surface area (Å²) in [5.41, 5.74) is 0.623. The molecule has 0 saturated carbocycles. The van der Waals surface area contributed by atoms with Gasteiger partial charge in [-0.05, 0) is 26.0 Å². The molecule has 1 aromatic heterocycles. The van der Waals surface area contributed by atoms with Crippen LogP contribution in [-0.2, 0) is 11.3 Å². The number of amides is 1. The van der Waals surface area contributed by atoms with E-state index in [0.717, 1.165) is 9.36 Å². The second kappa shape index (κ2) is 4.91. The molecule has 0 spiro atoms. The molecule has 1 aromatic carbocycles. The third-order valence-corrected chi connectivity index (χ3v) is 3.16. The van der Waals surface area contributed by atoms with Crippen molar-refractivity contribution in [3.63, 3.8) is 0 Å². The number of nitrogens with zero attached hydrogens (tertiary/aromatic N) is 1. The molecule has 1 amide bonds. The summed E-state index contributed by atoms with van der Waals surface area (Å²) in [7, 11) is 0. The number of carbonyl (C=O) groups excluding carboxylic acids is 1. The van der Waals surface area contributed by atoms with Crippen LogP contribution >= 0.6 is 0 Å². The number of fused-ring (bicyclic) bond motifs is 1. The van der Waals surface area contributed by atoms with Gasteiger partial charge in [-0.15, -0.1) is 0 Å². The van der Waals surface area contributed by atoms with Gasteiger partial charge in [0, 0.05) is 11.4 Å². The predicted molar refractivity (Wildman–Crippen MR) is 68.9 cm³/mol. The number of aromatic nitrogens is 1. The number of para-hydroxylation sites is 1. The largest absolute Gasteiger partial charge is 0.755 e. The van der Waals surface area contributed by atoms with Gasteiger partial charge in [-0.1, -0.05) is 18.2 Å². The summed E-state index contributed by atoms with van der Waals surface area (Å²) >= 11 is -2.51. The first-order valence-electron chi connectivity index (χ1n) is 5.52. The molecule has 0 aliphatic rings. The molecule has 1 atom stereocenters. The molecule has 0 fully saturated rings. The van der Waals surface area contributed by atoms with Crippen molar-refractivity contribution >= 4 is 28.1 Å². The van der Waals surface area contributed by atoms with Crippen LogP contribution in [0.4, 0.5) is 0 Å². The molecule has 0 saturated heterocycles. The van der Waals surface area contributed by atoms with Crippen LogP contribution in [0, 0.1) is 0 Å². The Hall–Kier alpha value is -1.66. The van der Waals surface area contributed by atoms with E-state index in [1.165, 1.54) is 0 Å². The van der Waals surface area contributed by atoms with Crippen molar-refractivity contribution in [2.24, 2.45) is 0 Å². The molecule has 1 N–H and O–H groups in total. The van der Waals surface area contributed by atoms with Gasteiger partial charge >= 0.3 is 0 Å². The Balaban J connectivity index is 2.59. The van der Waals surface area contributed by atoms with Crippen molar-refractivity contribution in [1.29, 1.82) is 0 Å². The first kappa shape index (κ1) is 12.8. The van der Waals surface area contributed by atoms with Gasteiger partial charge in [0.25, 0.3) is 5.91 Å². The van der Waals surface area contributed by atoms with Crippen LogP contribution in [-0.4, -0.2) is 24.7 Å². The maximum atomic E-state index is 11.9. The lowest BCUT2D eigenvalue weighted by Crippen LogP contribution is -2.32. The minimum Gasteiger partial charge on any atom is -0.755 e. The van der Waals surface area contributed by atoms with Gasteiger partial charge in [-0.25, -0.2) is 0 Å². The van der Waals surface area contributed by atoms with Crippen LogP contribution in [0.2, 0.25) is 0 Å². The summed E-state index contributed by atoms with van der Waals surface area (Å²) in [6, 6.07) is 8.48. The van der Waals surface area contributed by atoms with Gasteiger partial charge in [-0.3, -0.25) is 13.0 Å². The molecule has 1 unspecified atom stereocenters. The maximum Gasteiger partial charge on any atom is 0.269 e. The zero-order valence-corrected chi connectivity index (χ0v) is 10.9. The molecular formula is C12H13N2O3S-. The zero-order valence-electron chi connectivity index (χ0n) is 10.0. The molecule has 18 heavy (non-hydrogen) atoms. The van der Waals surface area contributed by atoms with Crippen molar-refractivity contribution in [2.75, 3.05) is 0 Å². The van der Waals surface area contributed by atoms with Crippen LogP contribution in [0.15, 0.2) is 30.3 Å². The predicted octanol–water partition coefficient (Wildman–Crippen LogP) is 1.42. The first-order valence-corrected chi connectivity index (χ1v) is 6.55. The number of benzene rings is 1. The molecule has 0 aliphatic carbocycles. The maximum absolute atomic E-state index is 11.9. The van der Waals surface area contributed by atoms with E-state index >= 15 is 0 Å². The summed E-state index contributed by atoms with van der Waals surface area (Å²) in [4.78, 5) is 11.9. The fourth-order valence-electron chi connectivity index (χ4n) is 1.78. The molecule has 5 nitrogen and oxygen atoms in total. The Morgan fingerprint density at radius 1 is 1.39 bits per heavy atom. The van der Waals surface area contributed by atoms with Crippen LogP contribution in [0.25, 0.3) is 10.9 Å². The molecule has 0 radical (unpaired) electrons. The van der Waals surface area contributed by atoms with Gasteiger partial charge in [0.15, 0.2) is 0 Å². The van der Waals surface area contributed by atoms with Crippen molar-refractivity contribution < 1.29 is 13.6 Å². The summed E-state index contributed by atoms with van der Waals surface area (Å²) in [6.07, 6.45) is 0. The van der Waals surface area contributed by atoms with Crippen molar-refractivity contribution in [3.05, 3.63) is 36.0 Å². The first-order chi connectivity index (χ1) is 8.50. The van der Waals surface area contributed by atoms with Crippen LogP contribution in [0.5, 0.6) is 0 Å². The fourth-order valence-corrected chi connectivity index (χ4v) is 2.41. The van der Waals surface area contributed by atoms with E-state index in [1.807, 2.05) is 13.8 Å². The third kappa shape index (κ3) is 2.30. The highest BCUT2D eigenvalue weighted by molar-refractivity contribution is 7.77. The molecule has 0 aliphatic heterocycles. The van der Waals surface area contributed by atoms with E-state index in [0.29, 0.717) is 5.52 Å². The minimum atomic E-state index is -2.51. The normalized spacial score (nSPS) is 12.9. The summed E-state index contributed by atoms with van der Waals surface area (Å²) in [6.45, 7) is 3.64. The van der Waals surface area contributed by atoms with Gasteiger partial charge in [0.05, 0.1) is 16.8 Å². The van der Waals surface area contributed by atoms with Gasteiger partial charge < -0.3 is 9.87 Å². The molecule has 1 heterocycles. The lowest BCUT2D eigenvalue weighted by molar-refractivity contribution is 0.0937. The smallest absolute Gasteiger partial charge is 0.269 e. The van der Waals surface area contributed by atoms with E-state index in [9.17, 15) is 13.6 Å². The number of nitrogens with one attached hydrogen (secondary N) is 1. The Morgan fingerprint density at radius 2 is 2.06 bits per heavy atom. The standard InChI is InChI=1S/C12H14N2O3S/c1-8(2)13-12(15)11-7-9-5-3-4-6-10(9)14(11)18(16)17/h3-8H,1-2H3,(H,13,15)(H,16,17)/p-1. The Bertz CT molecular complexity index is 619. The summed E-state index contributed by atoms with van der Waals surface area (Å²) < 4.78 is 23.5. The second-order valence-corrected chi connectivity index (χ2v) is 5.03. The van der Waals surface area contributed by atoms with E-state index in [4.69, 9.17) is 0 Å². The number of carbonyl (C=O) groups is 1. The molecular weight excluding hydrogens is 252 g/mol. The van der Waals surface area contributed by atoms with Gasteiger partial charge in [0.1, 0.15) is 5.69 Å². The average Bonchev–Trinajstić information content (AvgIpc) is 2.67. The highest BCUT2D eigenvalue weighted by Crippen LogP contribution is 2.20. The Labute approximate surface area is 107 Å². The highest BCUT2D eigenvalue weighted by atomic mass is 32.2. The molecule has 6 heteroatoms. The monoisotopic (exact) mass is 265 g/mol. The van der Waals surface area contributed by atoms with Crippen molar-refractivity contribution in [2.45, 2.75) is 19.9 Å². The van der Waals surface area contributed by atoms with E-state index in [1.54, 1.807) is 30.3 Å². The number of hydrogen-bond donors (Lipinski definition) is 1. The Morgan fingerprint density at radius 3 is 2.67 bits per heavy atom. The van der Waals surface area contributed by atoms with E-state index < -0.39 is 17.2 Å². The number of rotatable bonds is 3. The van der Waals surface area contributed by atoms with Crippen LogP contribution in [0.1, 0.15) is 24.3 Å². The van der Waals surface area contributed by atoms with Gasteiger partial charge in [0.2, 0.25) is 0 Å². The second-order valence-electron chi connectivity index (χ2n) is 4.23. The summed E-state index contributed by atoms with van der Waals surface area (Å²) in [5, 5.41) is 3.40. The lowest BCUT2D eigenvalue weighted by atomic mass is 10.2. The van der Waals surface area contributed by atoms with E-state index in [-0.39, 0.29) is 11.7 Å². The van der Waals surface area contributed by atoms with Gasteiger partial charge in [-0.2, -0.15) is 0 Å². The molecule has 96 valence electrons. The molecule has 0 bridgehead atoms. The average molecular weight is 265 g/mol. The van der Waals surface area contributed by atoms with Crippen molar-refractivity contribution in [3.8, 4) is 0 Å². The molecule has 2 aromatic rings. The fraction of sp³-hybridized carbons (Fsp3) is 0.250. The van der Waals surface area contributed by atoms with Crippen molar-refractivity contribution in [1.82, 2.24) is 9.29 Å². The minimum absolute atomic E-state index is 0.0518. The molecule has 2 rings (SSSR count). The van der Waals surface area contributed by atoms with Crippen LogP contribution < -0.4 is 5.32 Å². The third-order valence-electron chi connectivity index (χ3n) is 2.47. The zero-order chi connectivity index (χ0) is 13.3. The SMILES string of the molecule is CC(C)NC(=O)c1cc2ccccc2n1S(=O)[O-]. The van der Waals surface area contributed by atoms with Crippen LogP contribution in [0.3, 0.4) is 0 Å². The quantitative estimate of drug-likeness (QED) is 0.853.